The zero-order valence-electron chi connectivity index (χ0n) is 14.6. The van der Waals surface area contributed by atoms with E-state index in [2.05, 4.69) is 15.8 Å². The molecule has 9 nitrogen and oxygen atoms in total. The number of hydrazone groups is 1. The zero-order chi connectivity index (χ0) is 20.5. The molecule has 3 N–H and O–H groups in total. The first kappa shape index (κ1) is 20.7. The number of hydrogen-bond donors (Lipinski definition) is 3. The summed E-state index contributed by atoms with van der Waals surface area (Å²) in [6.45, 7) is -0.523. The Morgan fingerprint density at radius 2 is 1.89 bits per heavy atom. The van der Waals surface area contributed by atoms with E-state index in [-0.39, 0.29) is 10.8 Å². The number of rotatable bonds is 7. The molecule has 0 aromatic heterocycles. The second kappa shape index (κ2) is 9.93. The maximum Gasteiger partial charge on any atom is 0.341 e. The molecule has 0 aliphatic carbocycles. The van der Waals surface area contributed by atoms with Crippen molar-refractivity contribution in [3.63, 3.8) is 0 Å². The molecule has 146 valence electrons. The molecule has 2 amide bonds. The van der Waals surface area contributed by atoms with Crippen LogP contribution in [0.25, 0.3) is 0 Å². The summed E-state index contributed by atoms with van der Waals surface area (Å²) in [6.07, 6.45) is 1.27. The lowest BCUT2D eigenvalue weighted by atomic mass is 10.2. The molecule has 0 aliphatic rings. The van der Waals surface area contributed by atoms with Crippen molar-refractivity contribution in [1.82, 2.24) is 5.43 Å². The second-order valence-electron chi connectivity index (χ2n) is 5.23. The Kier molecular flexibility index (Phi) is 7.35. The number of nitrogens with zero attached hydrogens (tertiary/aromatic N) is 1. The van der Waals surface area contributed by atoms with Crippen LogP contribution in [0, 0.1) is 0 Å². The lowest BCUT2D eigenvalue weighted by Gasteiger charge is -2.08. The maximum absolute atomic E-state index is 11.9. The number of methoxy groups -OCH3 is 1. The van der Waals surface area contributed by atoms with E-state index in [9.17, 15) is 14.4 Å². The number of carboxylic acid groups (broad SMARTS) is 1. The highest BCUT2D eigenvalue weighted by Gasteiger charge is 2.15. The van der Waals surface area contributed by atoms with E-state index in [4.69, 9.17) is 26.2 Å². The van der Waals surface area contributed by atoms with Crippen molar-refractivity contribution >= 4 is 41.3 Å². The first-order chi connectivity index (χ1) is 13.4. The highest BCUT2D eigenvalue weighted by Crippen LogP contribution is 2.25. The highest BCUT2D eigenvalue weighted by molar-refractivity contribution is 6.39. The summed E-state index contributed by atoms with van der Waals surface area (Å²) in [4.78, 5) is 34.2. The number of ether oxygens (including phenoxy) is 2. The Labute approximate surface area is 164 Å². The largest absolute Gasteiger partial charge is 0.495 e. The average molecular weight is 406 g/mol. The third-order valence-corrected chi connectivity index (χ3v) is 3.54. The molecule has 2 aromatic carbocycles. The summed E-state index contributed by atoms with van der Waals surface area (Å²) >= 11 is 5.98. The molecule has 0 bridgehead atoms. The van der Waals surface area contributed by atoms with E-state index in [1.807, 2.05) is 0 Å². The normalized spacial score (nSPS) is 10.4. The van der Waals surface area contributed by atoms with Gasteiger partial charge in [0, 0.05) is 0 Å². The molecule has 28 heavy (non-hydrogen) atoms. The van der Waals surface area contributed by atoms with Crippen LogP contribution in [0.4, 0.5) is 5.69 Å². The zero-order valence-corrected chi connectivity index (χ0v) is 15.4. The van der Waals surface area contributed by atoms with Crippen molar-refractivity contribution < 1.29 is 29.0 Å². The predicted octanol–water partition coefficient (Wildman–Crippen LogP) is 1.90. The summed E-state index contributed by atoms with van der Waals surface area (Å²) in [7, 11) is 1.44. The third-order valence-electron chi connectivity index (χ3n) is 3.25. The minimum Gasteiger partial charge on any atom is -0.495 e. The molecule has 0 fully saturated rings. The molecular formula is C18H16ClN3O6. The molecule has 0 atom stereocenters. The number of carbonyl (C=O) groups is 3. The number of aliphatic carboxylic acids is 1. The molecule has 2 aromatic rings. The van der Waals surface area contributed by atoms with Crippen LogP contribution in [0.5, 0.6) is 11.5 Å². The minimum atomic E-state index is -1.13. The van der Waals surface area contributed by atoms with Crippen molar-refractivity contribution in [2.24, 2.45) is 5.10 Å². The quantitative estimate of drug-likeness (QED) is 0.367. The van der Waals surface area contributed by atoms with Gasteiger partial charge in [-0.2, -0.15) is 5.10 Å². The van der Waals surface area contributed by atoms with Crippen molar-refractivity contribution in [3.8, 4) is 11.5 Å². The topological polar surface area (TPSA) is 126 Å². The van der Waals surface area contributed by atoms with Crippen molar-refractivity contribution in [3.05, 3.63) is 53.1 Å². The highest BCUT2D eigenvalue weighted by atomic mass is 35.5. The van der Waals surface area contributed by atoms with Crippen LogP contribution >= 0.6 is 11.6 Å². The SMILES string of the molecule is COc1ccccc1NC(=O)C(=O)N/N=C\c1ccc(OCC(=O)O)c(Cl)c1. The molecule has 0 saturated carbocycles. The van der Waals surface area contributed by atoms with Crippen LogP contribution in [0.2, 0.25) is 5.02 Å². The molecule has 10 heteroatoms. The molecule has 0 saturated heterocycles. The average Bonchev–Trinajstić information content (AvgIpc) is 2.67. The number of hydrogen-bond acceptors (Lipinski definition) is 6. The molecule has 2 rings (SSSR count). The van der Waals surface area contributed by atoms with Gasteiger partial charge in [0.25, 0.3) is 0 Å². The lowest BCUT2D eigenvalue weighted by Crippen LogP contribution is -2.32. The van der Waals surface area contributed by atoms with Crippen LogP contribution in [0.3, 0.4) is 0 Å². The fraction of sp³-hybridized carbons (Fsp3) is 0.111. The van der Waals surface area contributed by atoms with E-state index in [1.54, 1.807) is 30.3 Å². The van der Waals surface area contributed by atoms with Gasteiger partial charge in [0.05, 0.1) is 24.0 Å². The van der Waals surface area contributed by atoms with Gasteiger partial charge in [-0.1, -0.05) is 23.7 Å². The van der Waals surface area contributed by atoms with E-state index in [1.165, 1.54) is 25.5 Å². The Bertz CT molecular complexity index is 916. The summed E-state index contributed by atoms with van der Waals surface area (Å²) in [5, 5.41) is 14.9. The fourth-order valence-electron chi connectivity index (χ4n) is 2.00. The van der Waals surface area contributed by atoms with Gasteiger partial charge in [0.1, 0.15) is 11.5 Å². The van der Waals surface area contributed by atoms with E-state index >= 15 is 0 Å². The van der Waals surface area contributed by atoms with Gasteiger partial charge >= 0.3 is 17.8 Å². The van der Waals surface area contributed by atoms with E-state index < -0.39 is 24.4 Å². The second-order valence-corrected chi connectivity index (χ2v) is 5.63. The predicted molar refractivity (Wildman–Crippen MR) is 102 cm³/mol. The molecule has 0 spiro atoms. The Hall–Kier alpha value is -3.59. The number of carbonyl (C=O) groups excluding carboxylic acids is 2. The molecule has 0 radical (unpaired) electrons. The van der Waals surface area contributed by atoms with Crippen LogP contribution < -0.4 is 20.2 Å². The van der Waals surface area contributed by atoms with Crippen LogP contribution in [0.15, 0.2) is 47.6 Å². The smallest absolute Gasteiger partial charge is 0.341 e. The molecule has 0 aliphatic heterocycles. The van der Waals surface area contributed by atoms with Gasteiger partial charge in [-0.15, -0.1) is 0 Å². The van der Waals surface area contributed by atoms with Gasteiger partial charge in [-0.3, -0.25) is 9.59 Å². The van der Waals surface area contributed by atoms with Gasteiger partial charge < -0.3 is 19.9 Å². The molecular weight excluding hydrogens is 390 g/mol. The summed E-state index contributed by atoms with van der Waals surface area (Å²) in [5.41, 5.74) is 2.93. The summed E-state index contributed by atoms with van der Waals surface area (Å²) in [6, 6.07) is 11.1. The molecule has 0 unspecified atom stereocenters. The number of benzene rings is 2. The van der Waals surface area contributed by atoms with Crippen LogP contribution in [-0.4, -0.2) is 42.8 Å². The number of para-hydroxylation sites is 2. The first-order valence-electron chi connectivity index (χ1n) is 7.82. The lowest BCUT2D eigenvalue weighted by molar-refractivity contribution is -0.139. The van der Waals surface area contributed by atoms with E-state index in [0.717, 1.165) is 0 Å². The minimum absolute atomic E-state index is 0.172. The van der Waals surface area contributed by atoms with Gasteiger partial charge in [-0.25, -0.2) is 10.2 Å². The number of nitrogens with one attached hydrogen (secondary N) is 2. The summed E-state index contributed by atoms with van der Waals surface area (Å²) < 4.78 is 10.1. The standard InChI is InChI=1S/C18H16ClN3O6/c1-27-15-5-3-2-4-13(15)21-17(25)18(26)22-20-9-11-6-7-14(12(19)8-11)28-10-16(23)24/h2-9H,10H2,1H3,(H,21,25)(H,22,26)(H,23,24)/b20-9-. The third kappa shape index (κ3) is 5.99. The fourth-order valence-corrected chi connectivity index (χ4v) is 2.24. The van der Waals surface area contributed by atoms with Crippen LogP contribution in [0.1, 0.15) is 5.56 Å². The van der Waals surface area contributed by atoms with Crippen LogP contribution in [-0.2, 0) is 14.4 Å². The van der Waals surface area contributed by atoms with Gasteiger partial charge in [0.2, 0.25) is 0 Å². The number of amides is 2. The van der Waals surface area contributed by atoms with Crippen molar-refractivity contribution in [1.29, 1.82) is 0 Å². The summed E-state index contributed by atoms with van der Waals surface area (Å²) in [5.74, 6) is -2.42. The Morgan fingerprint density at radius 1 is 1.14 bits per heavy atom. The Morgan fingerprint density at radius 3 is 2.57 bits per heavy atom. The maximum atomic E-state index is 11.9. The monoisotopic (exact) mass is 405 g/mol. The number of carboxylic acids is 1. The van der Waals surface area contributed by atoms with Crippen molar-refractivity contribution in [2.75, 3.05) is 19.0 Å². The van der Waals surface area contributed by atoms with Crippen molar-refractivity contribution in [2.45, 2.75) is 0 Å². The Balaban J connectivity index is 1.92. The first-order valence-corrected chi connectivity index (χ1v) is 8.20. The number of halogens is 1. The van der Waals surface area contributed by atoms with Gasteiger partial charge in [0.15, 0.2) is 6.61 Å². The van der Waals surface area contributed by atoms with E-state index in [0.29, 0.717) is 17.0 Å². The number of anilines is 1. The van der Waals surface area contributed by atoms with Gasteiger partial charge in [-0.05, 0) is 35.9 Å². The molecule has 0 heterocycles.